The molecule has 1 atom stereocenters. The average Bonchev–Trinajstić information content (AvgIpc) is 2.42. The summed E-state index contributed by atoms with van der Waals surface area (Å²) in [5, 5.41) is 0. The summed E-state index contributed by atoms with van der Waals surface area (Å²) in [6, 6.07) is 10.7. The van der Waals surface area contributed by atoms with Gasteiger partial charge in [0.05, 0.1) is 0 Å². The second-order valence-corrected chi connectivity index (χ2v) is 4.92. The maximum Gasteiger partial charge on any atom is 0.119 e. The highest BCUT2D eigenvalue weighted by Gasteiger charge is 2.21. The molecule has 1 heterocycles. The van der Waals surface area contributed by atoms with Gasteiger partial charge in [-0.05, 0) is 44.5 Å². The van der Waals surface area contributed by atoms with Crippen molar-refractivity contribution in [1.82, 2.24) is 4.90 Å². The van der Waals surface area contributed by atoms with Crippen LogP contribution in [-0.4, -0.2) is 37.2 Å². The van der Waals surface area contributed by atoms with Crippen molar-refractivity contribution >= 4 is 0 Å². The Bertz CT molecular complexity index is 327. The SMILES string of the molecule is NCCC1CCCCN1CCOc1ccccc1. The molecule has 3 heteroatoms. The summed E-state index contributed by atoms with van der Waals surface area (Å²) in [5.74, 6) is 0.963. The lowest BCUT2D eigenvalue weighted by atomic mass is 9.99. The maximum absolute atomic E-state index is 5.76. The van der Waals surface area contributed by atoms with Crippen molar-refractivity contribution in [2.75, 3.05) is 26.2 Å². The molecule has 0 amide bonds. The van der Waals surface area contributed by atoms with E-state index in [0.717, 1.165) is 31.9 Å². The topological polar surface area (TPSA) is 38.5 Å². The van der Waals surface area contributed by atoms with E-state index in [0.29, 0.717) is 6.04 Å². The number of benzene rings is 1. The number of piperidine rings is 1. The van der Waals surface area contributed by atoms with Crippen molar-refractivity contribution in [3.63, 3.8) is 0 Å². The third-order valence-electron chi connectivity index (χ3n) is 3.64. The zero-order chi connectivity index (χ0) is 12.6. The molecule has 0 bridgehead atoms. The highest BCUT2D eigenvalue weighted by Crippen LogP contribution is 2.19. The van der Waals surface area contributed by atoms with E-state index in [2.05, 4.69) is 4.90 Å². The minimum Gasteiger partial charge on any atom is -0.492 e. The van der Waals surface area contributed by atoms with Gasteiger partial charge < -0.3 is 10.5 Å². The Morgan fingerprint density at radius 3 is 2.83 bits per heavy atom. The summed E-state index contributed by atoms with van der Waals surface area (Å²) < 4.78 is 5.76. The number of hydrogen-bond donors (Lipinski definition) is 1. The van der Waals surface area contributed by atoms with Crippen LogP contribution in [0.25, 0.3) is 0 Å². The summed E-state index contributed by atoms with van der Waals surface area (Å²) >= 11 is 0. The highest BCUT2D eigenvalue weighted by molar-refractivity contribution is 5.20. The molecule has 100 valence electrons. The van der Waals surface area contributed by atoms with E-state index in [1.54, 1.807) is 0 Å². The molecule has 0 spiro atoms. The van der Waals surface area contributed by atoms with E-state index in [4.69, 9.17) is 10.5 Å². The molecule has 1 aliphatic heterocycles. The van der Waals surface area contributed by atoms with Crippen LogP contribution >= 0.6 is 0 Å². The van der Waals surface area contributed by atoms with Crippen LogP contribution in [0.1, 0.15) is 25.7 Å². The summed E-state index contributed by atoms with van der Waals surface area (Å²) in [7, 11) is 0. The van der Waals surface area contributed by atoms with Crippen molar-refractivity contribution in [1.29, 1.82) is 0 Å². The fraction of sp³-hybridized carbons (Fsp3) is 0.600. The summed E-state index contributed by atoms with van der Waals surface area (Å²) in [5.41, 5.74) is 5.68. The minimum absolute atomic E-state index is 0.670. The predicted octanol–water partition coefficient (Wildman–Crippen LogP) is 2.27. The lowest BCUT2D eigenvalue weighted by molar-refractivity contribution is 0.118. The van der Waals surface area contributed by atoms with Crippen LogP contribution in [0, 0.1) is 0 Å². The van der Waals surface area contributed by atoms with Crippen LogP contribution in [0.5, 0.6) is 5.75 Å². The third-order valence-corrected chi connectivity index (χ3v) is 3.64. The molecule has 1 unspecified atom stereocenters. The number of para-hydroxylation sites is 1. The first kappa shape index (κ1) is 13.4. The lowest BCUT2D eigenvalue weighted by Crippen LogP contribution is -2.42. The molecule has 1 saturated heterocycles. The number of nitrogens with two attached hydrogens (primary N) is 1. The predicted molar refractivity (Wildman–Crippen MR) is 74.8 cm³/mol. The van der Waals surface area contributed by atoms with Gasteiger partial charge in [-0.2, -0.15) is 0 Å². The maximum atomic E-state index is 5.76. The number of ether oxygens (including phenoxy) is 1. The van der Waals surface area contributed by atoms with Gasteiger partial charge in [0, 0.05) is 12.6 Å². The Labute approximate surface area is 110 Å². The quantitative estimate of drug-likeness (QED) is 0.839. The summed E-state index contributed by atoms with van der Waals surface area (Å²) in [4.78, 5) is 2.54. The van der Waals surface area contributed by atoms with E-state index >= 15 is 0 Å². The van der Waals surface area contributed by atoms with Gasteiger partial charge in [-0.25, -0.2) is 0 Å². The fourth-order valence-corrected chi connectivity index (χ4v) is 2.67. The highest BCUT2D eigenvalue weighted by atomic mass is 16.5. The lowest BCUT2D eigenvalue weighted by Gasteiger charge is -2.35. The molecule has 0 saturated carbocycles. The minimum atomic E-state index is 0.670. The summed E-state index contributed by atoms with van der Waals surface area (Å²) in [6.45, 7) is 3.77. The first-order chi connectivity index (χ1) is 8.90. The van der Waals surface area contributed by atoms with Crippen molar-refractivity contribution in [3.8, 4) is 5.75 Å². The number of likely N-dealkylation sites (tertiary alicyclic amines) is 1. The van der Waals surface area contributed by atoms with Crippen LogP contribution < -0.4 is 10.5 Å². The van der Waals surface area contributed by atoms with Crippen molar-refractivity contribution in [2.24, 2.45) is 5.73 Å². The number of nitrogens with zero attached hydrogens (tertiary/aromatic N) is 1. The van der Waals surface area contributed by atoms with E-state index in [9.17, 15) is 0 Å². The van der Waals surface area contributed by atoms with Gasteiger partial charge in [-0.15, -0.1) is 0 Å². The Morgan fingerprint density at radius 1 is 1.22 bits per heavy atom. The third kappa shape index (κ3) is 4.00. The molecule has 0 aliphatic carbocycles. The smallest absolute Gasteiger partial charge is 0.119 e. The Hall–Kier alpha value is -1.06. The van der Waals surface area contributed by atoms with Crippen LogP contribution in [0.3, 0.4) is 0 Å². The second kappa shape index (κ2) is 7.39. The van der Waals surface area contributed by atoms with E-state index in [1.807, 2.05) is 30.3 Å². The van der Waals surface area contributed by atoms with E-state index < -0.39 is 0 Å². The molecular formula is C15H24N2O. The molecule has 1 aromatic rings. The van der Waals surface area contributed by atoms with Gasteiger partial charge in [0.25, 0.3) is 0 Å². The largest absolute Gasteiger partial charge is 0.492 e. The van der Waals surface area contributed by atoms with E-state index in [-0.39, 0.29) is 0 Å². The molecule has 1 aromatic carbocycles. The first-order valence-corrected chi connectivity index (χ1v) is 7.02. The molecular weight excluding hydrogens is 224 g/mol. The summed E-state index contributed by atoms with van der Waals surface area (Å²) in [6.07, 6.45) is 5.07. The molecule has 0 aromatic heterocycles. The van der Waals surface area contributed by atoms with Gasteiger partial charge in [-0.3, -0.25) is 4.90 Å². The van der Waals surface area contributed by atoms with Crippen LogP contribution in [-0.2, 0) is 0 Å². The Kier molecular flexibility index (Phi) is 5.49. The standard InChI is InChI=1S/C15H24N2O/c16-10-9-14-6-4-5-11-17(14)12-13-18-15-7-2-1-3-8-15/h1-3,7-8,14H,4-6,9-13,16H2. The normalized spacial score (nSPS) is 20.8. The molecule has 2 rings (SSSR count). The van der Waals surface area contributed by atoms with Gasteiger partial charge >= 0.3 is 0 Å². The molecule has 0 radical (unpaired) electrons. The fourth-order valence-electron chi connectivity index (χ4n) is 2.67. The first-order valence-electron chi connectivity index (χ1n) is 7.02. The zero-order valence-corrected chi connectivity index (χ0v) is 11.1. The van der Waals surface area contributed by atoms with Crippen LogP contribution in [0.15, 0.2) is 30.3 Å². The monoisotopic (exact) mass is 248 g/mol. The van der Waals surface area contributed by atoms with Crippen molar-refractivity contribution < 1.29 is 4.74 Å². The number of hydrogen-bond acceptors (Lipinski definition) is 3. The van der Waals surface area contributed by atoms with Gasteiger partial charge in [-0.1, -0.05) is 24.6 Å². The average molecular weight is 248 g/mol. The Morgan fingerprint density at radius 2 is 2.06 bits per heavy atom. The molecule has 1 fully saturated rings. The van der Waals surface area contributed by atoms with Gasteiger partial charge in [0.2, 0.25) is 0 Å². The zero-order valence-electron chi connectivity index (χ0n) is 11.1. The second-order valence-electron chi connectivity index (χ2n) is 4.92. The Balaban J connectivity index is 1.74. The molecule has 3 nitrogen and oxygen atoms in total. The van der Waals surface area contributed by atoms with Gasteiger partial charge in [0.15, 0.2) is 0 Å². The molecule has 18 heavy (non-hydrogen) atoms. The van der Waals surface area contributed by atoms with Crippen molar-refractivity contribution in [2.45, 2.75) is 31.7 Å². The number of rotatable bonds is 6. The van der Waals surface area contributed by atoms with Gasteiger partial charge in [0.1, 0.15) is 12.4 Å². The van der Waals surface area contributed by atoms with Crippen molar-refractivity contribution in [3.05, 3.63) is 30.3 Å². The molecule has 2 N–H and O–H groups in total. The molecule has 1 aliphatic rings. The van der Waals surface area contributed by atoms with E-state index in [1.165, 1.54) is 25.8 Å². The van der Waals surface area contributed by atoms with Crippen LogP contribution in [0.2, 0.25) is 0 Å². The van der Waals surface area contributed by atoms with Crippen LogP contribution in [0.4, 0.5) is 0 Å².